The van der Waals surface area contributed by atoms with Crippen LogP contribution in [0.3, 0.4) is 0 Å². The summed E-state index contributed by atoms with van der Waals surface area (Å²) in [5, 5.41) is 2.92. The van der Waals surface area contributed by atoms with Crippen LogP contribution in [0.5, 0.6) is 0 Å². The number of carbonyl (C=O) groups is 1. The number of amides is 1. The Bertz CT molecular complexity index is 439. The van der Waals surface area contributed by atoms with Crippen molar-refractivity contribution in [2.24, 2.45) is 5.73 Å². The number of piperazine rings is 1. The van der Waals surface area contributed by atoms with Gasteiger partial charge in [-0.05, 0) is 12.1 Å². The van der Waals surface area contributed by atoms with Gasteiger partial charge in [0.2, 0.25) is 5.91 Å². The Morgan fingerprint density at radius 2 is 2.24 bits per heavy atom. The molecule has 0 bridgehead atoms. The molecule has 1 aromatic rings. The van der Waals surface area contributed by atoms with Crippen molar-refractivity contribution in [3.8, 4) is 0 Å². The monoisotopic (exact) mass is 241 g/mol. The molecule has 1 unspecified atom stereocenters. The predicted octanol–water partition coefficient (Wildman–Crippen LogP) is 0.228. The number of anilines is 1. The summed E-state index contributed by atoms with van der Waals surface area (Å²) in [6, 6.07) is 3.45. The highest BCUT2D eigenvalue weighted by Crippen LogP contribution is 2.22. The van der Waals surface area contributed by atoms with E-state index in [2.05, 4.69) is 5.32 Å². The zero-order valence-corrected chi connectivity index (χ0v) is 9.12. The highest BCUT2D eigenvalue weighted by molar-refractivity contribution is 5.81. The van der Waals surface area contributed by atoms with E-state index in [-0.39, 0.29) is 12.2 Å². The third-order valence-corrected chi connectivity index (χ3v) is 2.79. The molecule has 1 atom stereocenters. The molecule has 0 aliphatic carbocycles. The van der Waals surface area contributed by atoms with Gasteiger partial charge in [-0.15, -0.1) is 0 Å². The molecule has 0 saturated carbocycles. The van der Waals surface area contributed by atoms with Gasteiger partial charge in [0.25, 0.3) is 0 Å². The number of nitrogens with zero attached hydrogens (tertiary/aromatic N) is 1. The van der Waals surface area contributed by atoms with Crippen LogP contribution in [0.25, 0.3) is 0 Å². The zero-order chi connectivity index (χ0) is 12.4. The molecule has 2 rings (SSSR count). The maximum atomic E-state index is 13.6. The van der Waals surface area contributed by atoms with Crippen molar-refractivity contribution < 1.29 is 13.6 Å². The minimum absolute atomic E-state index is 0.165. The quantitative estimate of drug-likeness (QED) is 0.779. The number of carbonyl (C=O) groups excluding carboxylic acids is 1. The Morgan fingerprint density at radius 1 is 1.47 bits per heavy atom. The SMILES string of the molecule is NC(=O)C1CN(c2cccc(F)c2F)CCN1. The van der Waals surface area contributed by atoms with Gasteiger partial charge in [-0.1, -0.05) is 6.07 Å². The van der Waals surface area contributed by atoms with Crippen molar-refractivity contribution >= 4 is 11.6 Å². The molecule has 1 aliphatic rings. The normalized spacial score (nSPS) is 20.4. The van der Waals surface area contributed by atoms with Crippen molar-refractivity contribution in [1.29, 1.82) is 0 Å². The van der Waals surface area contributed by atoms with Gasteiger partial charge in [0.05, 0.1) is 5.69 Å². The molecule has 1 aromatic carbocycles. The summed E-state index contributed by atoms with van der Waals surface area (Å²) in [7, 11) is 0. The van der Waals surface area contributed by atoms with Crippen molar-refractivity contribution in [2.75, 3.05) is 24.5 Å². The fourth-order valence-electron chi connectivity index (χ4n) is 1.90. The van der Waals surface area contributed by atoms with Gasteiger partial charge in [0.1, 0.15) is 6.04 Å². The summed E-state index contributed by atoms with van der Waals surface area (Å²) in [4.78, 5) is 12.7. The first-order chi connectivity index (χ1) is 8.09. The second kappa shape index (κ2) is 4.67. The molecule has 0 aromatic heterocycles. The molecule has 6 heteroatoms. The third-order valence-electron chi connectivity index (χ3n) is 2.79. The Balaban J connectivity index is 2.22. The van der Waals surface area contributed by atoms with E-state index in [0.29, 0.717) is 13.1 Å². The van der Waals surface area contributed by atoms with Crippen LogP contribution in [-0.4, -0.2) is 31.6 Å². The van der Waals surface area contributed by atoms with E-state index in [1.807, 2.05) is 0 Å². The predicted molar refractivity (Wildman–Crippen MR) is 59.6 cm³/mol. The van der Waals surface area contributed by atoms with Gasteiger partial charge < -0.3 is 16.0 Å². The van der Waals surface area contributed by atoms with E-state index in [9.17, 15) is 13.6 Å². The van der Waals surface area contributed by atoms with Gasteiger partial charge in [0, 0.05) is 19.6 Å². The summed E-state index contributed by atoms with van der Waals surface area (Å²) in [5.41, 5.74) is 5.34. The molecular formula is C11H13F2N3O. The number of nitrogens with one attached hydrogen (secondary N) is 1. The zero-order valence-electron chi connectivity index (χ0n) is 9.12. The van der Waals surface area contributed by atoms with Crippen LogP contribution in [0.1, 0.15) is 0 Å². The topological polar surface area (TPSA) is 58.4 Å². The Morgan fingerprint density at radius 3 is 2.94 bits per heavy atom. The Labute approximate surface area is 97.4 Å². The average molecular weight is 241 g/mol. The van der Waals surface area contributed by atoms with E-state index in [4.69, 9.17) is 5.73 Å². The lowest BCUT2D eigenvalue weighted by Gasteiger charge is -2.33. The van der Waals surface area contributed by atoms with Crippen LogP contribution < -0.4 is 16.0 Å². The maximum absolute atomic E-state index is 13.6. The summed E-state index contributed by atoms with van der Waals surface area (Å²) in [6.07, 6.45) is 0. The highest BCUT2D eigenvalue weighted by Gasteiger charge is 2.25. The molecule has 0 spiro atoms. The number of nitrogens with two attached hydrogens (primary N) is 1. The van der Waals surface area contributed by atoms with Crippen LogP contribution in [-0.2, 0) is 4.79 Å². The molecule has 92 valence electrons. The molecule has 0 radical (unpaired) electrons. The molecule has 3 N–H and O–H groups in total. The first-order valence-electron chi connectivity index (χ1n) is 5.31. The summed E-state index contributed by atoms with van der Waals surface area (Å²) in [6.45, 7) is 1.25. The highest BCUT2D eigenvalue weighted by atomic mass is 19.2. The van der Waals surface area contributed by atoms with Gasteiger partial charge in [-0.2, -0.15) is 0 Å². The minimum atomic E-state index is -0.892. The van der Waals surface area contributed by atoms with Crippen LogP contribution in [0.2, 0.25) is 0 Å². The lowest BCUT2D eigenvalue weighted by Crippen LogP contribution is -2.56. The van der Waals surface area contributed by atoms with Crippen LogP contribution in [0.4, 0.5) is 14.5 Å². The van der Waals surface area contributed by atoms with Crippen molar-refractivity contribution in [1.82, 2.24) is 5.32 Å². The Kier molecular flexibility index (Phi) is 3.23. The van der Waals surface area contributed by atoms with Crippen molar-refractivity contribution in [3.63, 3.8) is 0 Å². The smallest absolute Gasteiger partial charge is 0.236 e. The lowest BCUT2D eigenvalue weighted by molar-refractivity contribution is -0.120. The molecule has 1 fully saturated rings. The number of benzene rings is 1. The molecule has 1 amide bonds. The summed E-state index contributed by atoms with van der Waals surface area (Å²) >= 11 is 0. The van der Waals surface area contributed by atoms with Crippen LogP contribution >= 0.6 is 0 Å². The fourth-order valence-corrected chi connectivity index (χ4v) is 1.90. The maximum Gasteiger partial charge on any atom is 0.236 e. The largest absolute Gasteiger partial charge is 0.368 e. The Hall–Kier alpha value is -1.69. The number of hydrogen-bond acceptors (Lipinski definition) is 3. The molecular weight excluding hydrogens is 228 g/mol. The van der Waals surface area contributed by atoms with Gasteiger partial charge >= 0.3 is 0 Å². The molecule has 1 aliphatic heterocycles. The molecule has 1 saturated heterocycles. The summed E-state index contributed by atoms with van der Waals surface area (Å²) < 4.78 is 26.6. The number of rotatable bonds is 2. The molecule has 1 heterocycles. The van der Waals surface area contributed by atoms with Gasteiger partial charge in [-0.3, -0.25) is 4.79 Å². The molecule has 4 nitrogen and oxygen atoms in total. The first-order valence-corrected chi connectivity index (χ1v) is 5.31. The molecule has 17 heavy (non-hydrogen) atoms. The fraction of sp³-hybridized carbons (Fsp3) is 0.364. The lowest BCUT2D eigenvalue weighted by atomic mass is 10.1. The second-order valence-electron chi connectivity index (χ2n) is 3.93. The van der Waals surface area contributed by atoms with Crippen molar-refractivity contribution in [3.05, 3.63) is 29.8 Å². The number of halogens is 2. The van der Waals surface area contributed by atoms with Crippen molar-refractivity contribution in [2.45, 2.75) is 6.04 Å². The van der Waals surface area contributed by atoms with Crippen LogP contribution in [0, 0.1) is 11.6 Å². The number of primary amides is 1. The van der Waals surface area contributed by atoms with E-state index < -0.39 is 23.6 Å². The average Bonchev–Trinajstić information content (AvgIpc) is 2.33. The van der Waals surface area contributed by atoms with E-state index >= 15 is 0 Å². The second-order valence-corrected chi connectivity index (χ2v) is 3.93. The van der Waals surface area contributed by atoms with Gasteiger partial charge in [-0.25, -0.2) is 8.78 Å². The summed E-state index contributed by atoms with van der Waals surface area (Å²) in [5.74, 6) is -2.28. The van der Waals surface area contributed by atoms with E-state index in [1.54, 1.807) is 4.90 Å². The van der Waals surface area contributed by atoms with Gasteiger partial charge in [0.15, 0.2) is 11.6 Å². The minimum Gasteiger partial charge on any atom is -0.368 e. The number of hydrogen-bond donors (Lipinski definition) is 2. The van der Waals surface area contributed by atoms with E-state index in [1.165, 1.54) is 12.1 Å². The van der Waals surface area contributed by atoms with Crippen LogP contribution in [0.15, 0.2) is 18.2 Å². The third kappa shape index (κ3) is 2.36. The van der Waals surface area contributed by atoms with E-state index in [0.717, 1.165) is 6.07 Å². The first kappa shape index (κ1) is 11.8. The standard InChI is InChI=1S/C11H13F2N3O/c12-7-2-1-3-9(10(7)13)16-5-4-15-8(6-16)11(14)17/h1-3,8,15H,4-6H2,(H2,14,17).